The van der Waals surface area contributed by atoms with E-state index in [-0.39, 0.29) is 11.9 Å². The molecule has 0 unspecified atom stereocenters. The molecule has 0 saturated heterocycles. The third-order valence-electron chi connectivity index (χ3n) is 3.75. The van der Waals surface area contributed by atoms with Crippen molar-refractivity contribution in [2.45, 2.75) is 51.1 Å². The van der Waals surface area contributed by atoms with Crippen molar-refractivity contribution in [3.63, 3.8) is 0 Å². The Morgan fingerprint density at radius 3 is 2.40 bits per heavy atom. The second-order valence-electron chi connectivity index (χ2n) is 5.53. The van der Waals surface area contributed by atoms with Crippen LogP contribution in [0, 0.1) is 0 Å². The summed E-state index contributed by atoms with van der Waals surface area (Å²) in [5.41, 5.74) is 0.649. The highest BCUT2D eigenvalue weighted by Gasteiger charge is 2.23. The number of hydrogen-bond acceptors (Lipinski definition) is 1. The molecule has 1 aromatic carbocycles. The van der Waals surface area contributed by atoms with Crippen LogP contribution in [0.25, 0.3) is 0 Å². The zero-order chi connectivity index (χ0) is 14.5. The molecule has 1 aliphatic rings. The normalized spacial score (nSPS) is 17.8. The zero-order valence-electron chi connectivity index (χ0n) is 11.7. The second-order valence-corrected chi connectivity index (χ2v) is 6.40. The summed E-state index contributed by atoms with van der Waals surface area (Å²) in [5, 5.41) is 6.10. The summed E-state index contributed by atoms with van der Waals surface area (Å²) in [7, 11) is 0. The molecule has 3 nitrogen and oxygen atoms in total. The fourth-order valence-electron chi connectivity index (χ4n) is 2.70. The third-order valence-corrected chi connectivity index (χ3v) is 4.19. The van der Waals surface area contributed by atoms with E-state index in [0.717, 1.165) is 0 Å². The van der Waals surface area contributed by atoms with Gasteiger partial charge in [0.15, 0.2) is 6.04 Å². The molecule has 3 N–H and O–H groups in total. The molecule has 0 aliphatic heterocycles. The molecule has 1 saturated carbocycles. The largest absolute Gasteiger partial charge is 0.334 e. The summed E-state index contributed by atoms with van der Waals surface area (Å²) in [5.74, 6) is -0.00564. The third kappa shape index (κ3) is 4.65. The van der Waals surface area contributed by atoms with Crippen LogP contribution < -0.4 is 10.6 Å². The van der Waals surface area contributed by atoms with Crippen molar-refractivity contribution >= 4 is 34.8 Å². The van der Waals surface area contributed by atoms with Gasteiger partial charge in [0.25, 0.3) is 5.91 Å². The van der Waals surface area contributed by atoms with E-state index in [1.165, 1.54) is 32.1 Å². The van der Waals surface area contributed by atoms with Gasteiger partial charge in [0.1, 0.15) is 0 Å². The van der Waals surface area contributed by atoms with E-state index < -0.39 is 0 Å². The average Bonchev–Trinajstić information content (AvgIpc) is 2.38. The first-order valence-corrected chi connectivity index (χ1v) is 7.92. The minimum Gasteiger partial charge on any atom is -0.334 e. The summed E-state index contributed by atoms with van der Waals surface area (Å²) in [6, 6.07) is 5.54. The lowest BCUT2D eigenvalue weighted by Crippen LogP contribution is -2.96. The first kappa shape index (κ1) is 15.6. The quantitative estimate of drug-likeness (QED) is 0.880. The number of quaternary nitrogens is 1. The highest BCUT2D eigenvalue weighted by molar-refractivity contribution is 6.35. The van der Waals surface area contributed by atoms with Gasteiger partial charge >= 0.3 is 0 Å². The minimum atomic E-state index is -0.101. The highest BCUT2D eigenvalue weighted by atomic mass is 35.5. The molecule has 110 valence electrons. The molecule has 1 amide bonds. The van der Waals surface area contributed by atoms with Gasteiger partial charge in [0.05, 0.1) is 6.04 Å². The Kier molecular flexibility index (Phi) is 5.70. The van der Waals surface area contributed by atoms with Crippen LogP contribution in [-0.2, 0) is 4.79 Å². The van der Waals surface area contributed by atoms with Gasteiger partial charge in [-0.1, -0.05) is 29.6 Å². The van der Waals surface area contributed by atoms with Crippen molar-refractivity contribution in [2.75, 3.05) is 5.32 Å². The molecule has 0 aromatic heterocycles. The predicted octanol–water partition coefficient (Wildman–Crippen LogP) is 3.22. The smallest absolute Gasteiger partial charge is 0.282 e. The minimum absolute atomic E-state index is 0.00564. The number of carbonyl (C=O) groups is 1. The Morgan fingerprint density at radius 2 is 1.80 bits per heavy atom. The van der Waals surface area contributed by atoms with Gasteiger partial charge in [-0.2, -0.15) is 0 Å². The zero-order valence-corrected chi connectivity index (χ0v) is 13.2. The number of nitrogens with two attached hydrogens (primary N) is 1. The molecule has 2 rings (SSSR count). The molecule has 1 aliphatic carbocycles. The molecule has 0 radical (unpaired) electrons. The van der Waals surface area contributed by atoms with Gasteiger partial charge in [-0.3, -0.25) is 4.79 Å². The lowest BCUT2D eigenvalue weighted by Gasteiger charge is -2.23. The Hall–Kier alpha value is -0.770. The van der Waals surface area contributed by atoms with E-state index >= 15 is 0 Å². The molecule has 5 heteroatoms. The fourth-order valence-corrected chi connectivity index (χ4v) is 3.23. The van der Waals surface area contributed by atoms with E-state index in [4.69, 9.17) is 23.2 Å². The standard InChI is InChI=1S/C15H20Cl2N2O/c1-10(18-13-5-3-2-4-6-13)15(20)19-14-8-11(16)7-12(17)9-14/h7-10,13,18H,2-6H2,1H3,(H,19,20)/p+1/t10-/m1/s1. The van der Waals surface area contributed by atoms with Gasteiger partial charge in [-0.25, -0.2) is 0 Å². The molecule has 1 aromatic rings. The van der Waals surface area contributed by atoms with Gasteiger partial charge in [0.2, 0.25) is 0 Å². The molecule has 0 spiro atoms. The SMILES string of the molecule is C[C@@H]([NH2+]C1CCCCC1)C(=O)Nc1cc(Cl)cc(Cl)c1. The Balaban J connectivity index is 1.89. The van der Waals surface area contributed by atoms with Crippen LogP contribution in [0.5, 0.6) is 0 Å². The van der Waals surface area contributed by atoms with Crippen molar-refractivity contribution < 1.29 is 10.1 Å². The maximum Gasteiger partial charge on any atom is 0.282 e. The number of benzene rings is 1. The molecular weight excluding hydrogens is 295 g/mol. The summed E-state index contributed by atoms with van der Waals surface area (Å²) in [6.07, 6.45) is 6.30. The lowest BCUT2D eigenvalue weighted by atomic mass is 9.95. The number of rotatable bonds is 4. The number of carbonyl (C=O) groups excluding carboxylic acids is 1. The summed E-state index contributed by atoms with van der Waals surface area (Å²) in [6.45, 7) is 1.94. The van der Waals surface area contributed by atoms with Gasteiger partial charge in [-0.15, -0.1) is 0 Å². The van der Waals surface area contributed by atoms with E-state index in [0.29, 0.717) is 21.8 Å². The first-order chi connectivity index (χ1) is 9.54. The van der Waals surface area contributed by atoms with Gasteiger partial charge in [-0.05, 0) is 50.8 Å². The van der Waals surface area contributed by atoms with E-state index in [1.807, 2.05) is 6.92 Å². The maximum atomic E-state index is 12.2. The van der Waals surface area contributed by atoms with Crippen LogP contribution in [0.2, 0.25) is 10.0 Å². The van der Waals surface area contributed by atoms with Crippen molar-refractivity contribution in [1.29, 1.82) is 0 Å². The van der Waals surface area contributed by atoms with E-state index in [1.54, 1.807) is 18.2 Å². The molecule has 0 bridgehead atoms. The van der Waals surface area contributed by atoms with Crippen molar-refractivity contribution in [2.24, 2.45) is 0 Å². The summed E-state index contributed by atoms with van der Waals surface area (Å²) >= 11 is 11.9. The van der Waals surface area contributed by atoms with Crippen LogP contribution in [0.3, 0.4) is 0 Å². The van der Waals surface area contributed by atoms with E-state index in [9.17, 15) is 4.79 Å². The van der Waals surface area contributed by atoms with Crippen LogP contribution >= 0.6 is 23.2 Å². The lowest BCUT2D eigenvalue weighted by molar-refractivity contribution is -0.708. The Morgan fingerprint density at radius 1 is 1.20 bits per heavy atom. The number of hydrogen-bond donors (Lipinski definition) is 2. The number of anilines is 1. The van der Waals surface area contributed by atoms with Crippen LogP contribution in [0.1, 0.15) is 39.0 Å². The second kappa shape index (κ2) is 7.30. The average molecular weight is 316 g/mol. The van der Waals surface area contributed by atoms with Crippen LogP contribution in [0.15, 0.2) is 18.2 Å². The number of nitrogens with one attached hydrogen (secondary N) is 1. The van der Waals surface area contributed by atoms with Crippen molar-refractivity contribution in [3.05, 3.63) is 28.2 Å². The first-order valence-electron chi connectivity index (χ1n) is 7.16. The van der Waals surface area contributed by atoms with Gasteiger partial charge < -0.3 is 10.6 Å². The topological polar surface area (TPSA) is 45.7 Å². The highest BCUT2D eigenvalue weighted by Crippen LogP contribution is 2.22. The van der Waals surface area contributed by atoms with Gasteiger partial charge in [0, 0.05) is 15.7 Å². The molecular formula is C15H21Cl2N2O+. The molecule has 0 heterocycles. The number of amides is 1. The molecule has 1 fully saturated rings. The monoisotopic (exact) mass is 315 g/mol. The van der Waals surface area contributed by atoms with Crippen molar-refractivity contribution in [3.8, 4) is 0 Å². The van der Waals surface area contributed by atoms with E-state index in [2.05, 4.69) is 10.6 Å². The maximum absolute atomic E-state index is 12.2. The molecule has 20 heavy (non-hydrogen) atoms. The summed E-state index contributed by atoms with van der Waals surface area (Å²) < 4.78 is 0. The van der Waals surface area contributed by atoms with Crippen LogP contribution in [0.4, 0.5) is 5.69 Å². The Labute approximate surface area is 130 Å². The summed E-state index contributed by atoms with van der Waals surface area (Å²) in [4.78, 5) is 12.2. The predicted molar refractivity (Wildman–Crippen MR) is 83.4 cm³/mol. The number of halogens is 2. The van der Waals surface area contributed by atoms with Crippen molar-refractivity contribution in [1.82, 2.24) is 0 Å². The molecule has 1 atom stereocenters. The van der Waals surface area contributed by atoms with Crippen LogP contribution in [-0.4, -0.2) is 18.0 Å². The fraction of sp³-hybridized carbons (Fsp3) is 0.533. The Bertz CT molecular complexity index is 453.